The zero-order chi connectivity index (χ0) is 21.0. The summed E-state index contributed by atoms with van der Waals surface area (Å²) in [5.74, 6) is 1.56. The van der Waals surface area contributed by atoms with Crippen LogP contribution in [0.1, 0.15) is 47.2 Å². The fourth-order valence-electron chi connectivity index (χ4n) is 2.91. The summed E-state index contributed by atoms with van der Waals surface area (Å²) in [5.41, 5.74) is 3.05. The maximum absolute atomic E-state index is 12.7. The molecule has 3 rings (SSSR count). The molecule has 29 heavy (non-hydrogen) atoms. The number of amides is 1. The average Bonchev–Trinajstić information content (AvgIpc) is 3.06. The Balaban J connectivity index is 1.73. The number of nitrogens with one attached hydrogen (secondary N) is 1. The van der Waals surface area contributed by atoms with Crippen molar-refractivity contribution in [2.75, 3.05) is 0 Å². The van der Waals surface area contributed by atoms with E-state index in [0.29, 0.717) is 10.6 Å². The first-order valence-electron chi connectivity index (χ1n) is 9.49. The molecule has 1 heterocycles. The zero-order valence-corrected chi connectivity index (χ0v) is 18.6. The molecule has 7 heteroatoms. The maximum Gasteiger partial charge on any atom is 0.251 e. The summed E-state index contributed by atoms with van der Waals surface area (Å²) in [5, 5.41) is 13.2. The van der Waals surface area contributed by atoms with Crippen LogP contribution in [0.3, 0.4) is 0 Å². The number of benzene rings is 2. The molecule has 152 valence electrons. The SMILES string of the molecule is Cc1ccc(CSc2nnc([C@@H](NC(=O)c3ccc(Cl)cc3)C(C)C)n2C)cc1. The molecule has 1 amide bonds. The van der Waals surface area contributed by atoms with Crippen LogP contribution in [0.25, 0.3) is 0 Å². The van der Waals surface area contributed by atoms with Gasteiger partial charge in [0.05, 0.1) is 6.04 Å². The Kier molecular flexibility index (Phi) is 6.98. The van der Waals surface area contributed by atoms with E-state index in [0.717, 1.165) is 16.7 Å². The molecule has 0 aliphatic heterocycles. The van der Waals surface area contributed by atoms with E-state index < -0.39 is 0 Å². The van der Waals surface area contributed by atoms with Crippen LogP contribution < -0.4 is 5.32 Å². The predicted octanol–water partition coefficient (Wildman–Crippen LogP) is 5.20. The van der Waals surface area contributed by atoms with Gasteiger partial charge in [-0.25, -0.2) is 0 Å². The molecule has 1 atom stereocenters. The second-order valence-corrected chi connectivity index (χ2v) is 8.76. The second-order valence-electron chi connectivity index (χ2n) is 7.38. The van der Waals surface area contributed by atoms with Gasteiger partial charge in [0.25, 0.3) is 5.91 Å². The van der Waals surface area contributed by atoms with Crippen molar-refractivity contribution in [1.82, 2.24) is 20.1 Å². The Labute approximate surface area is 180 Å². The molecule has 0 aliphatic carbocycles. The minimum Gasteiger partial charge on any atom is -0.342 e. The Morgan fingerprint density at radius 1 is 1.10 bits per heavy atom. The number of hydrogen-bond donors (Lipinski definition) is 1. The molecule has 0 saturated heterocycles. The van der Waals surface area contributed by atoms with Crippen molar-refractivity contribution in [2.45, 2.75) is 37.7 Å². The zero-order valence-electron chi connectivity index (χ0n) is 17.0. The molecule has 5 nitrogen and oxygen atoms in total. The van der Waals surface area contributed by atoms with Crippen LogP contribution in [0.15, 0.2) is 53.7 Å². The highest BCUT2D eigenvalue weighted by molar-refractivity contribution is 7.98. The van der Waals surface area contributed by atoms with Crippen molar-refractivity contribution < 1.29 is 4.79 Å². The van der Waals surface area contributed by atoms with Crippen LogP contribution in [-0.4, -0.2) is 20.7 Å². The summed E-state index contributed by atoms with van der Waals surface area (Å²) in [6, 6.07) is 15.1. The van der Waals surface area contributed by atoms with Crippen LogP contribution >= 0.6 is 23.4 Å². The summed E-state index contributed by atoms with van der Waals surface area (Å²) in [7, 11) is 1.94. The molecule has 0 unspecified atom stereocenters. The molecule has 0 fully saturated rings. The van der Waals surface area contributed by atoms with Gasteiger partial charge in [-0.05, 0) is 42.7 Å². The molecule has 0 bridgehead atoms. The summed E-state index contributed by atoms with van der Waals surface area (Å²) in [4.78, 5) is 12.7. The molecule has 2 aromatic carbocycles. The molecule has 1 N–H and O–H groups in total. The third-order valence-corrected chi connectivity index (χ3v) is 6.04. The Morgan fingerprint density at radius 2 is 1.76 bits per heavy atom. The number of nitrogens with zero attached hydrogens (tertiary/aromatic N) is 3. The van der Waals surface area contributed by atoms with Gasteiger partial charge in [-0.15, -0.1) is 10.2 Å². The highest BCUT2D eigenvalue weighted by Gasteiger charge is 2.25. The van der Waals surface area contributed by atoms with Crippen LogP contribution in [0, 0.1) is 12.8 Å². The Bertz CT molecular complexity index is 967. The van der Waals surface area contributed by atoms with Crippen LogP contribution in [0.4, 0.5) is 0 Å². The number of carbonyl (C=O) groups excluding carboxylic acids is 1. The van der Waals surface area contributed by atoms with Crippen molar-refractivity contribution in [2.24, 2.45) is 13.0 Å². The summed E-state index contributed by atoms with van der Waals surface area (Å²) in [6.45, 7) is 6.19. The number of carbonyl (C=O) groups is 1. The quantitative estimate of drug-likeness (QED) is 0.525. The van der Waals surface area contributed by atoms with Crippen molar-refractivity contribution in [3.63, 3.8) is 0 Å². The van der Waals surface area contributed by atoms with Gasteiger partial charge in [0, 0.05) is 23.4 Å². The number of halogens is 1. The molecule has 3 aromatic rings. The van der Waals surface area contributed by atoms with E-state index in [9.17, 15) is 4.79 Å². The van der Waals surface area contributed by atoms with Crippen LogP contribution in [0.5, 0.6) is 0 Å². The highest BCUT2D eigenvalue weighted by Crippen LogP contribution is 2.26. The van der Waals surface area contributed by atoms with Crippen LogP contribution in [0.2, 0.25) is 5.02 Å². The van der Waals surface area contributed by atoms with Crippen LogP contribution in [-0.2, 0) is 12.8 Å². The molecule has 1 aromatic heterocycles. The summed E-state index contributed by atoms with van der Waals surface area (Å²) >= 11 is 7.55. The maximum atomic E-state index is 12.7. The number of hydrogen-bond acceptors (Lipinski definition) is 4. The molecule has 0 saturated carbocycles. The Hall–Kier alpha value is -2.31. The van der Waals surface area contributed by atoms with Gasteiger partial charge in [0.2, 0.25) is 0 Å². The van der Waals surface area contributed by atoms with Crippen molar-refractivity contribution in [1.29, 1.82) is 0 Å². The minimum atomic E-state index is -0.246. The minimum absolute atomic E-state index is 0.155. The number of aryl methyl sites for hydroxylation is 1. The average molecular weight is 429 g/mol. The van der Waals surface area contributed by atoms with Gasteiger partial charge in [-0.2, -0.15) is 0 Å². The largest absolute Gasteiger partial charge is 0.342 e. The fourth-order valence-corrected chi connectivity index (χ4v) is 3.91. The van der Waals surface area contributed by atoms with Gasteiger partial charge in [-0.1, -0.05) is 67.0 Å². The van der Waals surface area contributed by atoms with E-state index in [4.69, 9.17) is 11.6 Å². The van der Waals surface area contributed by atoms with E-state index >= 15 is 0 Å². The molecule has 0 aliphatic rings. The number of rotatable bonds is 7. The van der Waals surface area contributed by atoms with E-state index in [-0.39, 0.29) is 17.9 Å². The lowest BCUT2D eigenvalue weighted by molar-refractivity contribution is 0.0922. The van der Waals surface area contributed by atoms with Gasteiger partial charge in [0.1, 0.15) is 0 Å². The Morgan fingerprint density at radius 3 is 2.38 bits per heavy atom. The van der Waals surface area contributed by atoms with Gasteiger partial charge < -0.3 is 9.88 Å². The fraction of sp³-hybridized carbons (Fsp3) is 0.318. The first-order chi connectivity index (χ1) is 13.8. The molecular weight excluding hydrogens is 404 g/mol. The standard InChI is InChI=1S/C22H25ClN4OS/c1-14(2)19(24-21(28)17-9-11-18(23)12-10-17)20-25-26-22(27(20)4)29-13-16-7-5-15(3)6-8-16/h5-12,14,19H,13H2,1-4H3,(H,24,28)/t19-/m0/s1. The second kappa shape index (κ2) is 9.46. The third kappa shape index (κ3) is 5.40. The lowest BCUT2D eigenvalue weighted by Crippen LogP contribution is -2.33. The van der Waals surface area contributed by atoms with Crippen molar-refractivity contribution in [3.8, 4) is 0 Å². The lowest BCUT2D eigenvalue weighted by atomic mass is 10.0. The monoisotopic (exact) mass is 428 g/mol. The van der Waals surface area contributed by atoms with E-state index in [2.05, 4.69) is 60.6 Å². The highest BCUT2D eigenvalue weighted by atomic mass is 35.5. The topological polar surface area (TPSA) is 59.8 Å². The van der Waals surface area contributed by atoms with Crippen molar-refractivity contribution in [3.05, 3.63) is 76.1 Å². The third-order valence-electron chi connectivity index (χ3n) is 4.69. The first kappa shape index (κ1) is 21.4. The number of aromatic nitrogens is 3. The van der Waals surface area contributed by atoms with Gasteiger partial charge in [0.15, 0.2) is 11.0 Å². The normalized spacial score (nSPS) is 12.2. The van der Waals surface area contributed by atoms with Gasteiger partial charge >= 0.3 is 0 Å². The summed E-state index contributed by atoms with van der Waals surface area (Å²) in [6.07, 6.45) is 0. The van der Waals surface area contributed by atoms with E-state index in [1.807, 2.05) is 11.6 Å². The van der Waals surface area contributed by atoms with E-state index in [1.165, 1.54) is 11.1 Å². The molecular formula is C22H25ClN4OS. The summed E-state index contributed by atoms with van der Waals surface area (Å²) < 4.78 is 1.96. The van der Waals surface area contributed by atoms with Crippen molar-refractivity contribution >= 4 is 29.3 Å². The van der Waals surface area contributed by atoms with Gasteiger partial charge in [-0.3, -0.25) is 4.79 Å². The smallest absolute Gasteiger partial charge is 0.251 e. The first-order valence-corrected chi connectivity index (χ1v) is 10.9. The van der Waals surface area contributed by atoms with E-state index in [1.54, 1.807) is 36.0 Å². The lowest BCUT2D eigenvalue weighted by Gasteiger charge is -2.21. The number of thioether (sulfide) groups is 1. The molecule has 0 radical (unpaired) electrons. The molecule has 0 spiro atoms. The predicted molar refractivity (Wildman–Crippen MR) is 118 cm³/mol.